The maximum Gasteiger partial charge on any atom is 0.223 e. The number of nitrogens with one attached hydrogen (secondary N) is 1. The van der Waals surface area contributed by atoms with Crippen LogP contribution in [0.2, 0.25) is 0 Å². The molecule has 110 valence electrons. The molecule has 0 bridgehead atoms. The van der Waals surface area contributed by atoms with Crippen molar-refractivity contribution in [3.8, 4) is 0 Å². The largest absolute Gasteiger partial charge is 0.353 e. The van der Waals surface area contributed by atoms with E-state index in [2.05, 4.69) is 26.1 Å². The van der Waals surface area contributed by atoms with E-state index in [0.29, 0.717) is 12.0 Å². The van der Waals surface area contributed by atoms with Gasteiger partial charge in [0.25, 0.3) is 0 Å². The van der Waals surface area contributed by atoms with Gasteiger partial charge in [0.15, 0.2) is 0 Å². The first-order valence-corrected chi connectivity index (χ1v) is 8.05. The minimum absolute atomic E-state index is 0.137. The molecule has 2 aliphatic rings. The van der Waals surface area contributed by atoms with Gasteiger partial charge < -0.3 is 11.1 Å². The average molecular weight is 266 g/mol. The second kappa shape index (κ2) is 6.25. The van der Waals surface area contributed by atoms with Crippen LogP contribution in [0.5, 0.6) is 0 Å². The van der Waals surface area contributed by atoms with E-state index >= 15 is 0 Å². The maximum atomic E-state index is 12.4. The Labute approximate surface area is 117 Å². The van der Waals surface area contributed by atoms with Crippen LogP contribution in [0.3, 0.4) is 0 Å². The molecule has 3 heteroatoms. The van der Waals surface area contributed by atoms with Crippen molar-refractivity contribution in [1.82, 2.24) is 5.32 Å². The van der Waals surface area contributed by atoms with E-state index in [4.69, 9.17) is 5.73 Å². The quantitative estimate of drug-likeness (QED) is 0.807. The van der Waals surface area contributed by atoms with Crippen LogP contribution >= 0.6 is 0 Å². The van der Waals surface area contributed by atoms with Crippen molar-refractivity contribution in [2.24, 2.45) is 29.4 Å². The molecule has 0 aromatic heterocycles. The number of amides is 1. The summed E-state index contributed by atoms with van der Waals surface area (Å²) in [6.07, 6.45) is 6.71. The van der Waals surface area contributed by atoms with Gasteiger partial charge in [0.1, 0.15) is 0 Å². The highest BCUT2D eigenvalue weighted by atomic mass is 16.2. The molecule has 6 atom stereocenters. The van der Waals surface area contributed by atoms with E-state index in [0.717, 1.165) is 43.9 Å². The van der Waals surface area contributed by atoms with Gasteiger partial charge in [-0.3, -0.25) is 4.79 Å². The van der Waals surface area contributed by atoms with Gasteiger partial charge in [0.2, 0.25) is 5.91 Å². The highest BCUT2D eigenvalue weighted by Crippen LogP contribution is 2.32. The van der Waals surface area contributed by atoms with Gasteiger partial charge in [0, 0.05) is 18.0 Å². The average Bonchev–Trinajstić information content (AvgIpc) is 2.37. The Morgan fingerprint density at radius 2 is 1.79 bits per heavy atom. The summed E-state index contributed by atoms with van der Waals surface area (Å²) in [5.74, 6) is 2.25. The Bertz CT molecular complexity index is 318. The predicted molar refractivity (Wildman–Crippen MR) is 78.6 cm³/mol. The van der Waals surface area contributed by atoms with Gasteiger partial charge in [-0.25, -0.2) is 0 Å². The molecule has 1 amide bonds. The topological polar surface area (TPSA) is 55.1 Å². The minimum Gasteiger partial charge on any atom is -0.353 e. The van der Waals surface area contributed by atoms with Crippen LogP contribution in [-0.4, -0.2) is 18.0 Å². The Morgan fingerprint density at radius 3 is 2.47 bits per heavy atom. The zero-order valence-corrected chi connectivity index (χ0v) is 12.7. The zero-order chi connectivity index (χ0) is 14.0. The third-order valence-corrected chi connectivity index (χ3v) is 5.64. The number of carbonyl (C=O) groups is 1. The highest BCUT2D eigenvalue weighted by molar-refractivity contribution is 5.79. The molecule has 2 aliphatic carbocycles. The summed E-state index contributed by atoms with van der Waals surface area (Å²) < 4.78 is 0. The summed E-state index contributed by atoms with van der Waals surface area (Å²) in [4.78, 5) is 12.4. The van der Waals surface area contributed by atoms with Crippen molar-refractivity contribution >= 4 is 5.91 Å². The van der Waals surface area contributed by atoms with Crippen LogP contribution in [0.25, 0.3) is 0 Å². The SMILES string of the molecule is CC1CCC(NC(=O)C2CCCC(N)C2C)CC1C. The fourth-order valence-corrected chi connectivity index (χ4v) is 3.75. The Hall–Kier alpha value is -0.570. The Morgan fingerprint density at radius 1 is 1.05 bits per heavy atom. The normalized spacial score (nSPS) is 43.8. The fourth-order valence-electron chi connectivity index (χ4n) is 3.75. The van der Waals surface area contributed by atoms with Gasteiger partial charge in [-0.15, -0.1) is 0 Å². The smallest absolute Gasteiger partial charge is 0.223 e. The van der Waals surface area contributed by atoms with Crippen LogP contribution in [0, 0.1) is 23.7 Å². The van der Waals surface area contributed by atoms with Crippen LogP contribution < -0.4 is 11.1 Å². The van der Waals surface area contributed by atoms with Gasteiger partial charge in [-0.05, 0) is 49.9 Å². The second-order valence-corrected chi connectivity index (χ2v) is 7.03. The first-order valence-electron chi connectivity index (χ1n) is 8.05. The molecule has 19 heavy (non-hydrogen) atoms. The van der Waals surface area contributed by atoms with Crippen LogP contribution in [-0.2, 0) is 4.79 Å². The first kappa shape index (κ1) is 14.8. The summed E-state index contributed by atoms with van der Waals surface area (Å²) in [6, 6.07) is 0.596. The number of hydrogen-bond acceptors (Lipinski definition) is 2. The molecule has 2 saturated carbocycles. The molecule has 0 heterocycles. The Balaban J connectivity index is 1.87. The summed E-state index contributed by atoms with van der Waals surface area (Å²) in [7, 11) is 0. The lowest BCUT2D eigenvalue weighted by Crippen LogP contribution is -2.48. The molecule has 0 aromatic carbocycles. The predicted octanol–water partition coefficient (Wildman–Crippen LogP) is 2.69. The summed E-state index contributed by atoms with van der Waals surface area (Å²) >= 11 is 0. The van der Waals surface area contributed by atoms with Crippen molar-refractivity contribution in [3.63, 3.8) is 0 Å². The molecule has 0 radical (unpaired) electrons. The molecule has 0 aromatic rings. The van der Waals surface area contributed by atoms with E-state index in [-0.39, 0.29) is 17.9 Å². The lowest BCUT2D eigenvalue weighted by atomic mass is 9.76. The number of nitrogens with two attached hydrogens (primary N) is 1. The number of hydrogen-bond donors (Lipinski definition) is 2. The highest BCUT2D eigenvalue weighted by Gasteiger charge is 2.34. The molecular formula is C16H30N2O. The second-order valence-electron chi connectivity index (χ2n) is 7.03. The summed E-state index contributed by atoms with van der Waals surface area (Å²) in [5, 5.41) is 3.30. The zero-order valence-electron chi connectivity index (χ0n) is 12.7. The molecule has 2 fully saturated rings. The van der Waals surface area contributed by atoms with Gasteiger partial charge >= 0.3 is 0 Å². The van der Waals surface area contributed by atoms with Crippen LogP contribution in [0.15, 0.2) is 0 Å². The van der Waals surface area contributed by atoms with Crippen LogP contribution in [0.1, 0.15) is 59.3 Å². The van der Waals surface area contributed by atoms with E-state index < -0.39 is 0 Å². The van der Waals surface area contributed by atoms with Crippen molar-refractivity contribution in [2.45, 2.75) is 71.4 Å². The van der Waals surface area contributed by atoms with Crippen molar-refractivity contribution < 1.29 is 4.79 Å². The monoisotopic (exact) mass is 266 g/mol. The lowest BCUT2D eigenvalue weighted by molar-refractivity contribution is -0.129. The van der Waals surface area contributed by atoms with E-state index in [9.17, 15) is 4.79 Å². The van der Waals surface area contributed by atoms with Crippen molar-refractivity contribution in [3.05, 3.63) is 0 Å². The molecular weight excluding hydrogens is 236 g/mol. The number of carbonyl (C=O) groups excluding carboxylic acids is 1. The van der Waals surface area contributed by atoms with Gasteiger partial charge in [0.05, 0.1) is 0 Å². The van der Waals surface area contributed by atoms with Gasteiger partial charge in [-0.1, -0.05) is 27.2 Å². The molecule has 0 spiro atoms. The third-order valence-electron chi connectivity index (χ3n) is 5.64. The van der Waals surface area contributed by atoms with Crippen molar-refractivity contribution in [2.75, 3.05) is 0 Å². The molecule has 2 rings (SSSR count). The summed E-state index contributed by atoms with van der Waals surface area (Å²) in [5.41, 5.74) is 6.10. The third kappa shape index (κ3) is 3.50. The molecule has 6 unspecified atom stereocenters. The maximum absolute atomic E-state index is 12.4. The summed E-state index contributed by atoms with van der Waals surface area (Å²) in [6.45, 7) is 6.77. The van der Waals surface area contributed by atoms with Gasteiger partial charge in [-0.2, -0.15) is 0 Å². The first-order chi connectivity index (χ1) is 8.99. The molecule has 3 N–H and O–H groups in total. The molecule has 3 nitrogen and oxygen atoms in total. The Kier molecular flexibility index (Phi) is 4.88. The van der Waals surface area contributed by atoms with E-state index in [1.807, 2.05) is 0 Å². The number of rotatable bonds is 2. The van der Waals surface area contributed by atoms with E-state index in [1.54, 1.807) is 0 Å². The minimum atomic E-state index is 0.137. The van der Waals surface area contributed by atoms with E-state index in [1.165, 1.54) is 6.42 Å². The lowest BCUT2D eigenvalue weighted by Gasteiger charge is -2.36. The standard InChI is InChI=1S/C16H30N2O/c1-10-7-8-13(9-11(10)2)18-16(19)14-5-4-6-15(17)12(14)3/h10-15H,4-9,17H2,1-3H3,(H,18,19). The fraction of sp³-hybridized carbons (Fsp3) is 0.938. The van der Waals surface area contributed by atoms with Crippen LogP contribution in [0.4, 0.5) is 0 Å². The van der Waals surface area contributed by atoms with Crippen molar-refractivity contribution in [1.29, 1.82) is 0 Å². The molecule has 0 aliphatic heterocycles. The molecule has 0 saturated heterocycles.